The number of piperidine rings is 1. The van der Waals surface area contributed by atoms with Crippen LogP contribution in [0.1, 0.15) is 194 Å². The van der Waals surface area contributed by atoms with Gasteiger partial charge in [0.2, 0.25) is 59.1 Å². The van der Waals surface area contributed by atoms with Gasteiger partial charge in [-0.3, -0.25) is 47.9 Å². The van der Waals surface area contributed by atoms with E-state index in [0.717, 1.165) is 77.5 Å². The van der Waals surface area contributed by atoms with Gasteiger partial charge in [0.15, 0.2) is 0 Å². The zero-order valence-corrected chi connectivity index (χ0v) is 75.4. The third-order valence-electron chi connectivity index (χ3n) is 28.9. The molecular formula is C94H137N13O15S2. The van der Waals surface area contributed by atoms with Gasteiger partial charge in [-0.05, 0) is 206 Å². The van der Waals surface area contributed by atoms with Gasteiger partial charge in [-0.25, -0.2) is 4.79 Å². The summed E-state index contributed by atoms with van der Waals surface area (Å²) in [5.41, 5.74) is 3.75. The van der Waals surface area contributed by atoms with E-state index < -0.39 is 133 Å². The Hall–Kier alpha value is -8.29. The number of rotatable bonds is 28. The lowest BCUT2D eigenvalue weighted by Gasteiger charge is -2.58. The molecule has 23 unspecified atom stereocenters. The molecule has 10 aliphatic rings. The normalized spacial score (nSPS) is 31.9. The van der Waals surface area contributed by atoms with E-state index in [2.05, 4.69) is 98.8 Å². The van der Waals surface area contributed by atoms with Gasteiger partial charge in [-0.15, -0.1) is 0 Å². The molecule has 2 aromatic carbocycles. The number of allylic oxidation sites excluding steroid dienone is 3. The third-order valence-corrected chi connectivity index (χ3v) is 31.3. The van der Waals surface area contributed by atoms with Crippen molar-refractivity contribution in [2.75, 3.05) is 57.9 Å². The summed E-state index contributed by atoms with van der Waals surface area (Å²) in [5.74, 6) is -4.20. The fraction of sp³-hybridized carbons (Fsp3) is 0.670. The second kappa shape index (κ2) is 43.9. The van der Waals surface area contributed by atoms with Gasteiger partial charge in [0.1, 0.15) is 60.5 Å². The van der Waals surface area contributed by atoms with Crippen molar-refractivity contribution < 1.29 is 72.8 Å². The number of aliphatic hydroxyl groups excluding tert-OH is 3. The second-order valence-corrected chi connectivity index (χ2v) is 40.5. The molecule has 5 heterocycles. The maximum absolute atomic E-state index is 15.6. The van der Waals surface area contributed by atoms with Crippen molar-refractivity contribution in [3.63, 3.8) is 0 Å². The number of nitrogens with zero attached hydrogens (tertiary/aromatic N) is 3. The van der Waals surface area contributed by atoms with Crippen LogP contribution in [0.15, 0.2) is 108 Å². The summed E-state index contributed by atoms with van der Waals surface area (Å²) in [6.45, 7) is 16.4. The molecule has 680 valence electrons. The molecule has 23 atom stereocenters. The standard InChI is InChI=1S/C94H137N13O15S2/c1-56(2)23-19-24-57(3)68-37-38-69-67-36-35-64-50-65(39-41-93(64,6)70(67)40-42-94(68,69)7)122-92(121)95-43-18-17-32-72-82(111)104-81(59(5)110)89(118)103-78(87(116)101-76(53-108)58(4)109)55-124-123-54-77(86(115)98-73(47-60-25-11-9-12-26-60)83(112)99-75(85(114)97-72)49-63-51-96-71-31-16-15-30-66(63)71)102-84(113)74(48-61-27-13-10-14-28-61)100-88(117)79-33-21-45-106(79)91(120)80-34-22-46-107(80)90(119)62-29-20-44-105(8)52-62/h9-16,25-28,30-31,35,51,56-59,62,65-81,96,108-110H,17-24,29,32-34,36-50,52-55H2,1-8H3,(H,95,121)(H,97,114)(H,98,115)(H,99,112)(H,100,117)(H,101,116)(H,102,113)(H,103,118)(H,104,111). The van der Waals surface area contributed by atoms with Crippen LogP contribution in [0.3, 0.4) is 0 Å². The van der Waals surface area contributed by atoms with Gasteiger partial charge < -0.3 is 87.9 Å². The number of hydrogen-bond donors (Lipinski definition) is 13. The number of likely N-dealkylation sites (tertiary alicyclic amines) is 3. The summed E-state index contributed by atoms with van der Waals surface area (Å²) in [5, 5.41) is 61.1. The van der Waals surface area contributed by atoms with Crippen molar-refractivity contribution in [3.05, 3.63) is 120 Å². The maximum Gasteiger partial charge on any atom is 0.407 e. The van der Waals surface area contributed by atoms with Gasteiger partial charge in [-0.2, -0.15) is 0 Å². The molecule has 124 heavy (non-hydrogen) atoms. The summed E-state index contributed by atoms with van der Waals surface area (Å²) in [6, 6.07) is 3.82. The first-order chi connectivity index (χ1) is 59.5. The van der Waals surface area contributed by atoms with E-state index >= 15 is 24.0 Å². The minimum Gasteiger partial charge on any atom is -0.446 e. The first kappa shape index (κ1) is 94.8. The van der Waals surface area contributed by atoms with E-state index in [1.165, 1.54) is 69.3 Å². The highest BCUT2D eigenvalue weighted by Crippen LogP contribution is 2.67. The van der Waals surface area contributed by atoms with E-state index in [4.69, 9.17) is 4.74 Å². The second-order valence-electron chi connectivity index (χ2n) is 38.0. The maximum atomic E-state index is 15.6. The van der Waals surface area contributed by atoms with Crippen LogP contribution >= 0.6 is 21.6 Å². The Bertz CT molecular complexity index is 4190. The number of carbonyl (C=O) groups is 11. The number of benzene rings is 2. The molecular weight excluding hydrogens is 1620 g/mol. The minimum absolute atomic E-state index is 0.0483. The zero-order chi connectivity index (χ0) is 88.5. The predicted octanol–water partition coefficient (Wildman–Crippen LogP) is 7.12. The Kier molecular flexibility index (Phi) is 33.6. The number of carbonyl (C=O) groups excluding carboxylic acids is 11. The lowest BCUT2D eigenvalue weighted by atomic mass is 9.47. The largest absolute Gasteiger partial charge is 0.446 e. The summed E-state index contributed by atoms with van der Waals surface area (Å²) < 4.78 is 6.19. The van der Waals surface area contributed by atoms with E-state index in [-0.39, 0.29) is 111 Å². The zero-order valence-electron chi connectivity index (χ0n) is 73.8. The van der Waals surface area contributed by atoms with Gasteiger partial charge >= 0.3 is 6.09 Å². The molecule has 3 saturated carbocycles. The first-order valence-corrected chi connectivity index (χ1v) is 48.4. The van der Waals surface area contributed by atoms with E-state index in [1.807, 2.05) is 31.4 Å². The molecule has 4 saturated heterocycles. The molecule has 30 heteroatoms. The lowest BCUT2D eigenvalue weighted by Crippen LogP contribution is -2.62. The van der Waals surface area contributed by atoms with Crippen molar-refractivity contribution >= 4 is 86.8 Å². The van der Waals surface area contributed by atoms with Crippen LogP contribution in [0, 0.1) is 58.2 Å². The van der Waals surface area contributed by atoms with Crippen LogP contribution in [0.4, 0.5) is 4.79 Å². The number of amides is 11. The van der Waals surface area contributed by atoms with Crippen LogP contribution in [-0.4, -0.2) is 238 Å². The van der Waals surface area contributed by atoms with Gasteiger partial charge in [0.25, 0.3) is 0 Å². The molecule has 2 aromatic rings. The molecule has 0 spiro atoms. The summed E-state index contributed by atoms with van der Waals surface area (Å²) in [6.07, 6.45) is 24.0. The molecule has 5 aliphatic carbocycles. The molecule has 13 N–H and O–H groups in total. The smallest absolute Gasteiger partial charge is 0.407 e. The number of alkyl carbamates (subject to hydrolysis) is 1. The lowest BCUT2D eigenvalue weighted by molar-refractivity contribution is -0.149. The van der Waals surface area contributed by atoms with Crippen LogP contribution < -0.4 is 53.2 Å². The highest BCUT2D eigenvalue weighted by Gasteiger charge is 2.60. The van der Waals surface area contributed by atoms with E-state index in [0.29, 0.717) is 79.1 Å². The van der Waals surface area contributed by atoms with Crippen molar-refractivity contribution in [2.24, 2.45) is 58.2 Å². The van der Waals surface area contributed by atoms with Crippen molar-refractivity contribution in [1.29, 1.82) is 0 Å². The van der Waals surface area contributed by atoms with Crippen LogP contribution in [0.25, 0.3) is 0 Å². The fourth-order valence-electron chi connectivity index (χ4n) is 21.9. The summed E-state index contributed by atoms with van der Waals surface area (Å²) in [4.78, 5) is 170. The Morgan fingerprint density at radius 2 is 1.32 bits per heavy atom. The highest BCUT2D eigenvalue weighted by atomic mass is 33.1. The molecule has 0 bridgehead atoms. The number of aliphatic hydroxyl groups is 3. The van der Waals surface area contributed by atoms with Crippen molar-refractivity contribution in [3.8, 4) is 0 Å². The van der Waals surface area contributed by atoms with E-state index in [9.17, 15) is 44.1 Å². The molecule has 5 aliphatic heterocycles. The molecule has 28 nitrogen and oxygen atoms in total. The topological polar surface area (TPSA) is 388 Å². The van der Waals surface area contributed by atoms with Crippen molar-refractivity contribution in [2.45, 2.75) is 281 Å². The molecule has 11 amide bonds. The Labute approximate surface area is 739 Å². The SMILES string of the molecule is CC(C)CCCC(C)C1CCC2C3CC=C4CC(OC(=O)NCCCCC5NC(=O)C(CC6=CNC7C=CC=CC67)NC(=O)C(Cc6ccccc6)NC(=O)C(NC(=O)C(Cc6ccccc6)NC(=O)C6CCCN6C(=O)C6CCCN6C(=O)C6CCCN(C)C6)CSSCC(C(=O)NC(CO)C(C)O)NC(=O)C(C(C)O)NC5=O)CCC4(C)C3CCC12C. The van der Waals surface area contributed by atoms with E-state index in [1.54, 1.807) is 71.8 Å². The number of unbranched alkanes of at least 4 members (excludes halogenated alkanes) is 1. The monoisotopic (exact) mass is 1750 g/mol. The number of fused-ring (bicyclic) bond motifs is 6. The highest BCUT2D eigenvalue weighted by molar-refractivity contribution is 8.76. The van der Waals surface area contributed by atoms with Crippen LogP contribution in [0.5, 0.6) is 0 Å². The van der Waals surface area contributed by atoms with Gasteiger partial charge in [-0.1, -0.05) is 172 Å². The molecule has 7 fully saturated rings. The minimum atomic E-state index is -1.79. The average Bonchev–Trinajstić information content (AvgIpc) is 1.42. The molecule has 0 radical (unpaired) electrons. The Morgan fingerprint density at radius 1 is 0.653 bits per heavy atom. The van der Waals surface area contributed by atoms with Crippen LogP contribution in [0.2, 0.25) is 0 Å². The summed E-state index contributed by atoms with van der Waals surface area (Å²) in [7, 11) is 3.93. The number of hydrogen-bond acceptors (Lipinski definition) is 19. The third kappa shape index (κ3) is 23.7. The summed E-state index contributed by atoms with van der Waals surface area (Å²) >= 11 is 0. The average molecular weight is 1750 g/mol. The van der Waals surface area contributed by atoms with Crippen molar-refractivity contribution in [1.82, 2.24) is 67.9 Å². The van der Waals surface area contributed by atoms with Gasteiger partial charge in [0, 0.05) is 62.9 Å². The van der Waals surface area contributed by atoms with Gasteiger partial charge in [0.05, 0.1) is 36.8 Å². The first-order valence-electron chi connectivity index (χ1n) is 46.0. The quantitative estimate of drug-likeness (QED) is 0.0229. The molecule has 12 rings (SSSR count). The predicted molar refractivity (Wildman–Crippen MR) is 477 cm³/mol. The Balaban J connectivity index is 0.777. The van der Waals surface area contributed by atoms with Crippen LogP contribution in [-0.2, 0) is 65.5 Å². The molecule has 0 aromatic heterocycles. The number of nitrogens with one attached hydrogen (secondary N) is 10. The Morgan fingerprint density at radius 3 is 2.03 bits per heavy atom. The fourth-order valence-corrected chi connectivity index (χ4v) is 24.2. The number of ether oxygens (including phenoxy) is 1.